The summed E-state index contributed by atoms with van der Waals surface area (Å²) < 4.78 is 4.74. The zero-order valence-corrected chi connectivity index (χ0v) is 12.3. The number of carbonyl (C=O) groups is 1. The Hall–Kier alpha value is -1.71. The fourth-order valence-electron chi connectivity index (χ4n) is 2.92. The monoisotopic (exact) mass is 276 g/mol. The molecule has 1 aromatic carbocycles. The van der Waals surface area contributed by atoms with Crippen molar-refractivity contribution in [2.75, 3.05) is 18.2 Å². The number of nitrogens with one attached hydrogen (secondary N) is 1. The normalized spacial score (nSPS) is 17.5. The SMILES string of the molecule is COC(=O)c1ccc(N)c(NC(C)C2CCCCC2)c1. The van der Waals surface area contributed by atoms with Crippen molar-refractivity contribution in [3.63, 3.8) is 0 Å². The number of rotatable bonds is 4. The minimum atomic E-state index is -0.335. The van der Waals surface area contributed by atoms with Crippen LogP contribution < -0.4 is 11.1 Å². The molecule has 0 aromatic heterocycles. The molecule has 4 heteroatoms. The lowest BCUT2D eigenvalue weighted by Gasteiger charge is -2.29. The minimum Gasteiger partial charge on any atom is -0.465 e. The summed E-state index contributed by atoms with van der Waals surface area (Å²) in [6, 6.07) is 5.59. The third-order valence-electron chi connectivity index (χ3n) is 4.21. The number of nitrogens with two attached hydrogens (primary N) is 1. The van der Waals surface area contributed by atoms with Crippen molar-refractivity contribution in [2.24, 2.45) is 5.92 Å². The lowest BCUT2D eigenvalue weighted by Crippen LogP contribution is -2.28. The predicted molar refractivity (Wildman–Crippen MR) is 81.9 cm³/mol. The predicted octanol–water partition coefficient (Wildman–Crippen LogP) is 3.44. The number of hydrogen-bond donors (Lipinski definition) is 2. The molecule has 3 N–H and O–H groups in total. The molecular weight excluding hydrogens is 252 g/mol. The average molecular weight is 276 g/mol. The van der Waals surface area contributed by atoms with Gasteiger partial charge in [-0.3, -0.25) is 0 Å². The van der Waals surface area contributed by atoms with E-state index in [0.717, 1.165) is 5.69 Å². The summed E-state index contributed by atoms with van der Waals surface area (Å²) >= 11 is 0. The number of hydrogen-bond acceptors (Lipinski definition) is 4. The summed E-state index contributed by atoms with van der Waals surface area (Å²) in [7, 11) is 1.39. The van der Waals surface area contributed by atoms with Crippen LogP contribution in [0.25, 0.3) is 0 Å². The van der Waals surface area contributed by atoms with Gasteiger partial charge in [0, 0.05) is 6.04 Å². The Morgan fingerprint density at radius 3 is 2.70 bits per heavy atom. The first-order valence-electron chi connectivity index (χ1n) is 7.36. The standard InChI is InChI=1S/C16H24N2O2/c1-11(12-6-4-3-5-7-12)18-15-10-13(16(19)20-2)8-9-14(15)17/h8-12,18H,3-7,17H2,1-2H3. The van der Waals surface area contributed by atoms with Gasteiger partial charge in [0.05, 0.1) is 24.0 Å². The van der Waals surface area contributed by atoms with Gasteiger partial charge in [0.25, 0.3) is 0 Å². The molecule has 1 saturated carbocycles. The second-order valence-electron chi connectivity index (χ2n) is 5.62. The van der Waals surface area contributed by atoms with E-state index in [1.165, 1.54) is 39.2 Å². The molecule has 0 amide bonds. The van der Waals surface area contributed by atoms with E-state index in [0.29, 0.717) is 23.2 Å². The molecular formula is C16H24N2O2. The van der Waals surface area contributed by atoms with Gasteiger partial charge in [-0.15, -0.1) is 0 Å². The van der Waals surface area contributed by atoms with E-state index in [9.17, 15) is 4.79 Å². The quantitative estimate of drug-likeness (QED) is 0.653. The Balaban J connectivity index is 2.09. The van der Waals surface area contributed by atoms with Gasteiger partial charge in [-0.05, 0) is 43.9 Å². The Morgan fingerprint density at radius 1 is 1.35 bits per heavy atom. The first-order chi connectivity index (χ1) is 9.61. The number of methoxy groups -OCH3 is 1. The van der Waals surface area contributed by atoms with Crippen molar-refractivity contribution in [3.05, 3.63) is 23.8 Å². The molecule has 4 nitrogen and oxygen atoms in total. The van der Waals surface area contributed by atoms with Crippen LogP contribution in [-0.2, 0) is 4.74 Å². The van der Waals surface area contributed by atoms with E-state index >= 15 is 0 Å². The van der Waals surface area contributed by atoms with Crippen LogP contribution in [0.1, 0.15) is 49.4 Å². The smallest absolute Gasteiger partial charge is 0.337 e. The molecule has 0 saturated heterocycles. The fraction of sp³-hybridized carbons (Fsp3) is 0.562. The van der Waals surface area contributed by atoms with E-state index < -0.39 is 0 Å². The second-order valence-corrected chi connectivity index (χ2v) is 5.62. The summed E-state index contributed by atoms with van der Waals surface area (Å²) in [5.74, 6) is 0.350. The molecule has 0 aliphatic heterocycles. The molecule has 1 aliphatic rings. The molecule has 20 heavy (non-hydrogen) atoms. The topological polar surface area (TPSA) is 64.3 Å². The summed E-state index contributed by atoms with van der Waals surface area (Å²) in [6.07, 6.45) is 6.52. The van der Waals surface area contributed by atoms with Crippen molar-refractivity contribution < 1.29 is 9.53 Å². The lowest BCUT2D eigenvalue weighted by atomic mass is 9.84. The average Bonchev–Trinajstić information content (AvgIpc) is 2.49. The van der Waals surface area contributed by atoms with Crippen LogP contribution in [0.4, 0.5) is 11.4 Å². The molecule has 0 spiro atoms. The fourth-order valence-corrected chi connectivity index (χ4v) is 2.92. The lowest BCUT2D eigenvalue weighted by molar-refractivity contribution is 0.0601. The third kappa shape index (κ3) is 3.44. The highest BCUT2D eigenvalue weighted by Crippen LogP contribution is 2.29. The maximum absolute atomic E-state index is 11.6. The van der Waals surface area contributed by atoms with Crippen molar-refractivity contribution in [2.45, 2.75) is 45.1 Å². The van der Waals surface area contributed by atoms with Crippen LogP contribution in [0.15, 0.2) is 18.2 Å². The number of anilines is 2. The van der Waals surface area contributed by atoms with Crippen LogP contribution in [-0.4, -0.2) is 19.1 Å². The molecule has 1 aliphatic carbocycles. The van der Waals surface area contributed by atoms with Gasteiger partial charge >= 0.3 is 5.97 Å². The number of benzene rings is 1. The molecule has 1 fully saturated rings. The van der Waals surface area contributed by atoms with Crippen LogP contribution >= 0.6 is 0 Å². The number of carbonyl (C=O) groups excluding carboxylic acids is 1. The van der Waals surface area contributed by atoms with Crippen LogP contribution in [0.3, 0.4) is 0 Å². The van der Waals surface area contributed by atoms with Crippen molar-refractivity contribution in [3.8, 4) is 0 Å². The van der Waals surface area contributed by atoms with E-state index in [1.807, 2.05) is 0 Å². The van der Waals surface area contributed by atoms with Crippen LogP contribution in [0.5, 0.6) is 0 Å². The van der Waals surface area contributed by atoms with Gasteiger partial charge in [0.1, 0.15) is 0 Å². The molecule has 110 valence electrons. The third-order valence-corrected chi connectivity index (χ3v) is 4.21. The first-order valence-corrected chi connectivity index (χ1v) is 7.36. The first kappa shape index (κ1) is 14.7. The number of nitrogen functional groups attached to an aromatic ring is 1. The van der Waals surface area contributed by atoms with Gasteiger partial charge in [-0.1, -0.05) is 19.3 Å². The highest BCUT2D eigenvalue weighted by Gasteiger charge is 2.20. The summed E-state index contributed by atoms with van der Waals surface area (Å²) in [6.45, 7) is 2.19. The molecule has 1 unspecified atom stereocenters. The van der Waals surface area contributed by atoms with E-state index in [2.05, 4.69) is 12.2 Å². The zero-order valence-electron chi connectivity index (χ0n) is 12.3. The highest BCUT2D eigenvalue weighted by molar-refractivity contribution is 5.91. The Kier molecular flexibility index (Phi) is 4.88. The van der Waals surface area contributed by atoms with Gasteiger partial charge in [-0.2, -0.15) is 0 Å². The second kappa shape index (κ2) is 6.64. The van der Waals surface area contributed by atoms with Crippen LogP contribution in [0.2, 0.25) is 0 Å². The van der Waals surface area contributed by atoms with Crippen molar-refractivity contribution >= 4 is 17.3 Å². The van der Waals surface area contributed by atoms with Gasteiger partial charge in [0.15, 0.2) is 0 Å². The molecule has 1 aromatic rings. The van der Waals surface area contributed by atoms with Gasteiger partial charge < -0.3 is 15.8 Å². The largest absolute Gasteiger partial charge is 0.465 e. The Morgan fingerprint density at radius 2 is 2.05 bits per heavy atom. The summed E-state index contributed by atoms with van der Waals surface area (Å²) in [4.78, 5) is 11.6. The highest BCUT2D eigenvalue weighted by atomic mass is 16.5. The van der Waals surface area contributed by atoms with Gasteiger partial charge in [-0.25, -0.2) is 4.79 Å². The maximum atomic E-state index is 11.6. The molecule has 0 radical (unpaired) electrons. The number of esters is 1. The molecule has 1 atom stereocenters. The van der Waals surface area contributed by atoms with E-state index in [1.54, 1.807) is 18.2 Å². The maximum Gasteiger partial charge on any atom is 0.337 e. The van der Waals surface area contributed by atoms with E-state index in [-0.39, 0.29) is 5.97 Å². The summed E-state index contributed by atoms with van der Waals surface area (Å²) in [5, 5.41) is 3.47. The minimum absolute atomic E-state index is 0.335. The molecule has 0 heterocycles. The molecule has 2 rings (SSSR count). The van der Waals surface area contributed by atoms with Crippen LogP contribution in [0, 0.1) is 5.92 Å². The Bertz CT molecular complexity index is 468. The van der Waals surface area contributed by atoms with Gasteiger partial charge in [0.2, 0.25) is 0 Å². The van der Waals surface area contributed by atoms with Crippen molar-refractivity contribution in [1.82, 2.24) is 0 Å². The van der Waals surface area contributed by atoms with Crippen molar-refractivity contribution in [1.29, 1.82) is 0 Å². The number of ether oxygens (including phenoxy) is 1. The zero-order chi connectivity index (χ0) is 14.5. The molecule has 0 bridgehead atoms. The summed E-state index contributed by atoms with van der Waals surface area (Å²) in [5.41, 5.74) is 8.01. The van der Waals surface area contributed by atoms with E-state index in [4.69, 9.17) is 10.5 Å². The Labute approximate surface area is 120 Å².